The summed E-state index contributed by atoms with van der Waals surface area (Å²) in [5, 5.41) is 0. The smallest absolute Gasteiger partial charge is 0.306 e. The Labute approximate surface area is 323 Å². The van der Waals surface area contributed by atoms with Gasteiger partial charge in [0.1, 0.15) is 13.2 Å². The Kier molecular flexibility index (Phi) is 37.9. The molecule has 0 N–H and O–H groups in total. The number of carbonyl (C=O) groups excluding carboxylic acids is 3. The third-order valence-corrected chi connectivity index (χ3v) is 10.2. The van der Waals surface area contributed by atoms with Gasteiger partial charge in [-0.2, -0.15) is 0 Å². The molecule has 0 bridgehead atoms. The van der Waals surface area contributed by atoms with Gasteiger partial charge in [-0.15, -0.1) is 0 Å². The normalized spacial score (nSPS) is 12.1. The van der Waals surface area contributed by atoms with E-state index in [1.54, 1.807) is 0 Å². The summed E-state index contributed by atoms with van der Waals surface area (Å²) in [6.07, 6.45) is 36.7. The van der Waals surface area contributed by atoms with E-state index in [0.29, 0.717) is 19.3 Å². The maximum Gasteiger partial charge on any atom is 0.306 e. The van der Waals surface area contributed by atoms with Gasteiger partial charge < -0.3 is 14.2 Å². The molecule has 52 heavy (non-hydrogen) atoms. The van der Waals surface area contributed by atoms with E-state index < -0.39 is 6.10 Å². The van der Waals surface area contributed by atoms with Gasteiger partial charge in [-0.25, -0.2) is 0 Å². The highest BCUT2D eigenvalue weighted by molar-refractivity contribution is 5.71. The van der Waals surface area contributed by atoms with E-state index in [1.165, 1.54) is 135 Å². The van der Waals surface area contributed by atoms with Crippen LogP contribution in [0.15, 0.2) is 0 Å². The molecule has 6 nitrogen and oxygen atoms in total. The second-order valence-electron chi connectivity index (χ2n) is 16.6. The van der Waals surface area contributed by atoms with Crippen LogP contribution in [0.4, 0.5) is 0 Å². The maximum absolute atomic E-state index is 12.7. The lowest BCUT2D eigenvalue weighted by Crippen LogP contribution is -2.30. The molecule has 0 fully saturated rings. The lowest BCUT2D eigenvalue weighted by Gasteiger charge is -2.18. The third-order valence-electron chi connectivity index (χ3n) is 10.2. The van der Waals surface area contributed by atoms with Gasteiger partial charge in [0.2, 0.25) is 0 Å². The van der Waals surface area contributed by atoms with E-state index in [0.717, 1.165) is 69.6 Å². The summed E-state index contributed by atoms with van der Waals surface area (Å²) >= 11 is 0. The summed E-state index contributed by atoms with van der Waals surface area (Å²) in [6.45, 7) is 11.3. The van der Waals surface area contributed by atoms with Crippen LogP contribution in [0.25, 0.3) is 0 Å². The molecule has 0 aliphatic heterocycles. The highest BCUT2D eigenvalue weighted by Crippen LogP contribution is 2.16. The molecule has 0 radical (unpaired) electrons. The van der Waals surface area contributed by atoms with Crippen molar-refractivity contribution in [3.8, 4) is 0 Å². The highest BCUT2D eigenvalue weighted by atomic mass is 16.6. The fourth-order valence-corrected chi connectivity index (χ4v) is 6.75. The minimum Gasteiger partial charge on any atom is -0.462 e. The number of unbranched alkanes of at least 4 members (excludes halogenated alkanes) is 25. The average Bonchev–Trinajstić information content (AvgIpc) is 3.11. The highest BCUT2D eigenvalue weighted by Gasteiger charge is 2.19. The van der Waals surface area contributed by atoms with Gasteiger partial charge in [0.25, 0.3) is 0 Å². The van der Waals surface area contributed by atoms with Crippen molar-refractivity contribution in [1.29, 1.82) is 0 Å². The zero-order chi connectivity index (χ0) is 38.3. The van der Waals surface area contributed by atoms with Crippen molar-refractivity contribution in [2.24, 2.45) is 11.8 Å². The van der Waals surface area contributed by atoms with Gasteiger partial charge in [0, 0.05) is 19.3 Å². The van der Waals surface area contributed by atoms with Gasteiger partial charge >= 0.3 is 17.9 Å². The molecule has 0 unspecified atom stereocenters. The molecule has 308 valence electrons. The van der Waals surface area contributed by atoms with Crippen molar-refractivity contribution >= 4 is 17.9 Å². The van der Waals surface area contributed by atoms with E-state index in [4.69, 9.17) is 14.2 Å². The SMILES string of the molecule is CCCCCCCCCC(=O)OC[C@@H](COC(=O)CCCCCCCCCCCC(C)C)OC(=O)CCCCCCCCCCCCCCC(C)C. The zero-order valence-electron chi connectivity index (χ0n) is 35.4. The van der Waals surface area contributed by atoms with E-state index in [1.807, 2.05) is 0 Å². The average molecular weight is 737 g/mol. The number of hydrogen-bond donors (Lipinski definition) is 0. The fourth-order valence-electron chi connectivity index (χ4n) is 6.75. The maximum atomic E-state index is 12.7. The Morgan fingerprint density at radius 1 is 0.365 bits per heavy atom. The van der Waals surface area contributed by atoms with E-state index in [9.17, 15) is 14.4 Å². The fraction of sp³-hybridized carbons (Fsp3) is 0.935. The Morgan fingerprint density at radius 3 is 0.942 bits per heavy atom. The Bertz CT molecular complexity index is 794. The van der Waals surface area contributed by atoms with E-state index in [-0.39, 0.29) is 31.1 Å². The van der Waals surface area contributed by atoms with Gasteiger partial charge in [0.05, 0.1) is 0 Å². The predicted molar refractivity (Wildman–Crippen MR) is 220 cm³/mol. The molecule has 0 amide bonds. The van der Waals surface area contributed by atoms with Gasteiger partial charge in [-0.05, 0) is 31.1 Å². The van der Waals surface area contributed by atoms with Crippen LogP contribution in [0.3, 0.4) is 0 Å². The summed E-state index contributed by atoms with van der Waals surface area (Å²) in [4.78, 5) is 37.6. The van der Waals surface area contributed by atoms with Crippen LogP contribution in [0.5, 0.6) is 0 Å². The molecule has 0 aliphatic carbocycles. The van der Waals surface area contributed by atoms with Crippen molar-refractivity contribution in [2.75, 3.05) is 13.2 Å². The van der Waals surface area contributed by atoms with E-state index >= 15 is 0 Å². The minimum absolute atomic E-state index is 0.0654. The summed E-state index contributed by atoms with van der Waals surface area (Å²) in [5.41, 5.74) is 0. The topological polar surface area (TPSA) is 78.9 Å². The molecule has 1 atom stereocenters. The molecule has 0 saturated carbocycles. The zero-order valence-corrected chi connectivity index (χ0v) is 35.4. The molecule has 0 spiro atoms. The first-order valence-corrected chi connectivity index (χ1v) is 22.7. The first-order chi connectivity index (χ1) is 25.2. The molecule has 0 saturated heterocycles. The molecule has 0 aromatic heterocycles. The lowest BCUT2D eigenvalue weighted by atomic mass is 10.0. The van der Waals surface area contributed by atoms with Crippen molar-refractivity contribution in [3.63, 3.8) is 0 Å². The number of rotatable bonds is 40. The van der Waals surface area contributed by atoms with Crippen molar-refractivity contribution < 1.29 is 28.6 Å². The Balaban J connectivity index is 4.27. The number of esters is 3. The second-order valence-corrected chi connectivity index (χ2v) is 16.6. The Morgan fingerprint density at radius 2 is 0.635 bits per heavy atom. The summed E-state index contributed by atoms with van der Waals surface area (Å²) < 4.78 is 16.7. The first kappa shape index (κ1) is 50.4. The molecule has 0 heterocycles. The van der Waals surface area contributed by atoms with Crippen LogP contribution in [-0.4, -0.2) is 37.2 Å². The third kappa shape index (κ3) is 39.6. The first-order valence-electron chi connectivity index (χ1n) is 22.7. The number of hydrogen-bond acceptors (Lipinski definition) is 6. The standard InChI is InChI=1S/C46H88O6/c1-6-7-8-9-19-26-31-36-44(47)50-39-43(40-51-45(48)37-32-27-22-18-14-16-21-25-30-35-42(4)5)52-46(49)38-33-28-23-17-13-11-10-12-15-20-24-29-34-41(2)3/h41-43H,6-40H2,1-5H3/t43-/m0/s1. The molecular weight excluding hydrogens is 649 g/mol. The van der Waals surface area contributed by atoms with Crippen LogP contribution < -0.4 is 0 Å². The van der Waals surface area contributed by atoms with Crippen molar-refractivity contribution in [1.82, 2.24) is 0 Å². The summed E-state index contributed by atoms with van der Waals surface area (Å²) in [5.74, 6) is 0.777. The molecule has 0 rings (SSSR count). The second kappa shape index (κ2) is 39.1. The van der Waals surface area contributed by atoms with Crippen LogP contribution >= 0.6 is 0 Å². The monoisotopic (exact) mass is 737 g/mol. The number of carbonyl (C=O) groups is 3. The summed E-state index contributed by atoms with van der Waals surface area (Å²) in [7, 11) is 0. The molecule has 0 aromatic carbocycles. The van der Waals surface area contributed by atoms with Crippen LogP contribution in [0.2, 0.25) is 0 Å². The molecule has 0 aliphatic rings. The van der Waals surface area contributed by atoms with Crippen molar-refractivity contribution in [2.45, 2.75) is 253 Å². The summed E-state index contributed by atoms with van der Waals surface area (Å²) in [6, 6.07) is 0. The van der Waals surface area contributed by atoms with Crippen molar-refractivity contribution in [3.05, 3.63) is 0 Å². The predicted octanol–water partition coefficient (Wildman–Crippen LogP) is 14.2. The number of ether oxygens (including phenoxy) is 3. The van der Waals surface area contributed by atoms with Gasteiger partial charge in [-0.1, -0.05) is 208 Å². The van der Waals surface area contributed by atoms with Crippen LogP contribution in [-0.2, 0) is 28.6 Å². The minimum atomic E-state index is -0.759. The molecular formula is C46H88O6. The van der Waals surface area contributed by atoms with Crippen LogP contribution in [0, 0.1) is 11.8 Å². The quantitative estimate of drug-likeness (QED) is 0.0354. The Hall–Kier alpha value is -1.59. The lowest BCUT2D eigenvalue weighted by molar-refractivity contribution is -0.167. The largest absolute Gasteiger partial charge is 0.462 e. The van der Waals surface area contributed by atoms with Crippen LogP contribution in [0.1, 0.15) is 247 Å². The molecule has 6 heteroatoms. The molecule has 0 aromatic rings. The van der Waals surface area contributed by atoms with Gasteiger partial charge in [-0.3, -0.25) is 14.4 Å². The van der Waals surface area contributed by atoms with Gasteiger partial charge in [0.15, 0.2) is 6.10 Å². The van der Waals surface area contributed by atoms with E-state index in [2.05, 4.69) is 34.6 Å².